The molecule has 1 aliphatic heterocycles. The second-order valence-electron chi connectivity index (χ2n) is 4.04. The highest BCUT2D eigenvalue weighted by Crippen LogP contribution is 2.31. The van der Waals surface area contributed by atoms with Crippen LogP contribution in [-0.4, -0.2) is 27.7 Å². The molecule has 0 saturated carbocycles. The minimum Gasteiger partial charge on any atom is -0.506 e. The number of benzene rings is 1. The first-order valence-corrected chi connectivity index (χ1v) is 5.71. The van der Waals surface area contributed by atoms with Crippen LogP contribution in [0.2, 0.25) is 5.28 Å². The number of phenolic OH excluding ortho intramolecular Hbond substituents is 1. The van der Waals surface area contributed by atoms with Gasteiger partial charge in [0.2, 0.25) is 5.28 Å². The van der Waals surface area contributed by atoms with Gasteiger partial charge in [0.1, 0.15) is 11.3 Å². The van der Waals surface area contributed by atoms with Gasteiger partial charge in [-0.3, -0.25) is 0 Å². The number of nitrogens with zero attached hydrogens (tertiary/aromatic N) is 2. The van der Waals surface area contributed by atoms with E-state index in [0.717, 1.165) is 25.0 Å². The molecule has 84 valence electrons. The molecule has 1 atom stereocenters. The minimum absolute atomic E-state index is 0.184. The molecule has 5 heteroatoms. The third kappa shape index (κ3) is 1.37. The van der Waals surface area contributed by atoms with Crippen LogP contribution in [0.15, 0.2) is 18.2 Å². The molecule has 2 N–H and O–H groups in total. The summed E-state index contributed by atoms with van der Waals surface area (Å²) in [5.74, 6) is 0.184. The van der Waals surface area contributed by atoms with Crippen molar-refractivity contribution in [3.05, 3.63) is 23.5 Å². The lowest BCUT2D eigenvalue weighted by Gasteiger charge is -2.12. The van der Waals surface area contributed by atoms with Gasteiger partial charge in [0.15, 0.2) is 0 Å². The monoisotopic (exact) mass is 237 g/mol. The highest BCUT2D eigenvalue weighted by atomic mass is 35.5. The van der Waals surface area contributed by atoms with Crippen molar-refractivity contribution in [2.45, 2.75) is 12.5 Å². The summed E-state index contributed by atoms with van der Waals surface area (Å²) in [5, 5.41) is 13.4. The summed E-state index contributed by atoms with van der Waals surface area (Å²) in [6, 6.07) is 5.71. The summed E-state index contributed by atoms with van der Waals surface area (Å²) in [4.78, 5) is 4.21. The molecule has 0 amide bonds. The summed E-state index contributed by atoms with van der Waals surface area (Å²) in [6.45, 7) is 1.90. The number of aromatic nitrogens is 2. The van der Waals surface area contributed by atoms with Gasteiger partial charge in [-0.05, 0) is 36.7 Å². The van der Waals surface area contributed by atoms with Crippen LogP contribution in [0.5, 0.6) is 5.75 Å². The average Bonchev–Trinajstić information content (AvgIpc) is 2.85. The normalized spacial score (nSPS) is 20.7. The van der Waals surface area contributed by atoms with Crippen molar-refractivity contribution in [2.75, 3.05) is 13.1 Å². The molecule has 1 aromatic carbocycles. The zero-order valence-corrected chi connectivity index (χ0v) is 9.41. The van der Waals surface area contributed by atoms with Crippen LogP contribution in [0.1, 0.15) is 12.5 Å². The predicted molar refractivity (Wildman–Crippen MR) is 62.9 cm³/mol. The van der Waals surface area contributed by atoms with Crippen molar-refractivity contribution >= 4 is 22.6 Å². The number of nitrogens with one attached hydrogen (secondary N) is 1. The number of aromatic hydroxyl groups is 1. The number of fused-ring (bicyclic) bond motifs is 1. The summed E-state index contributed by atoms with van der Waals surface area (Å²) >= 11 is 6.13. The highest BCUT2D eigenvalue weighted by Gasteiger charge is 2.22. The Morgan fingerprint density at radius 2 is 2.38 bits per heavy atom. The zero-order chi connectivity index (χ0) is 11.1. The Bertz CT molecular complexity index is 531. The predicted octanol–water partition coefficient (Wildman–Crippen LogP) is 1.93. The van der Waals surface area contributed by atoms with Crippen LogP contribution in [0.4, 0.5) is 0 Å². The Balaban J connectivity index is 2.22. The minimum atomic E-state index is 0.184. The fourth-order valence-corrected chi connectivity index (χ4v) is 2.59. The summed E-state index contributed by atoms with van der Waals surface area (Å²) < 4.78 is 2.00. The second-order valence-corrected chi connectivity index (χ2v) is 4.38. The van der Waals surface area contributed by atoms with Crippen molar-refractivity contribution < 1.29 is 5.11 Å². The van der Waals surface area contributed by atoms with Gasteiger partial charge in [-0.1, -0.05) is 6.07 Å². The molecule has 0 aliphatic carbocycles. The molecule has 4 nitrogen and oxygen atoms in total. The summed E-state index contributed by atoms with van der Waals surface area (Å²) in [6.07, 6.45) is 1.04. The Hall–Kier alpha value is -1.26. The van der Waals surface area contributed by atoms with E-state index >= 15 is 0 Å². The molecule has 1 aliphatic rings. The molecule has 0 radical (unpaired) electrons. The van der Waals surface area contributed by atoms with Crippen LogP contribution in [0, 0.1) is 0 Å². The van der Waals surface area contributed by atoms with Crippen molar-refractivity contribution in [3.8, 4) is 5.75 Å². The van der Waals surface area contributed by atoms with Crippen LogP contribution < -0.4 is 5.32 Å². The lowest BCUT2D eigenvalue weighted by molar-refractivity contribution is 0.480. The average molecular weight is 238 g/mol. The smallest absolute Gasteiger partial charge is 0.204 e. The first-order chi connectivity index (χ1) is 7.77. The first-order valence-electron chi connectivity index (χ1n) is 5.33. The molecule has 0 bridgehead atoms. The Morgan fingerprint density at radius 3 is 3.12 bits per heavy atom. The van der Waals surface area contributed by atoms with E-state index in [-0.39, 0.29) is 5.75 Å². The molecule has 3 rings (SSSR count). The van der Waals surface area contributed by atoms with E-state index in [9.17, 15) is 5.11 Å². The van der Waals surface area contributed by atoms with E-state index in [1.807, 2.05) is 16.7 Å². The van der Waals surface area contributed by atoms with Gasteiger partial charge in [-0.15, -0.1) is 0 Å². The number of para-hydroxylation sites is 1. The molecule has 2 aromatic rings. The highest BCUT2D eigenvalue weighted by molar-refractivity contribution is 6.29. The lowest BCUT2D eigenvalue weighted by Crippen LogP contribution is -2.13. The number of halogens is 1. The van der Waals surface area contributed by atoms with Crippen LogP contribution in [0.3, 0.4) is 0 Å². The topological polar surface area (TPSA) is 50.1 Å². The van der Waals surface area contributed by atoms with Crippen molar-refractivity contribution in [2.24, 2.45) is 0 Å². The zero-order valence-electron chi connectivity index (χ0n) is 8.65. The first kappa shape index (κ1) is 9.93. The molecule has 1 aromatic heterocycles. The fraction of sp³-hybridized carbons (Fsp3) is 0.364. The van der Waals surface area contributed by atoms with Crippen LogP contribution >= 0.6 is 11.6 Å². The van der Waals surface area contributed by atoms with Crippen LogP contribution in [-0.2, 0) is 0 Å². The number of rotatable bonds is 1. The number of hydrogen-bond donors (Lipinski definition) is 2. The molecular weight excluding hydrogens is 226 g/mol. The maximum Gasteiger partial charge on any atom is 0.204 e. The van der Waals surface area contributed by atoms with Crippen molar-refractivity contribution in [3.63, 3.8) is 0 Å². The van der Waals surface area contributed by atoms with Crippen LogP contribution in [0.25, 0.3) is 11.0 Å². The summed E-state index contributed by atoms with van der Waals surface area (Å²) in [7, 11) is 0. The lowest BCUT2D eigenvalue weighted by atomic mass is 10.2. The van der Waals surface area contributed by atoms with Gasteiger partial charge in [0, 0.05) is 6.54 Å². The van der Waals surface area contributed by atoms with E-state index in [2.05, 4.69) is 10.3 Å². The number of imidazole rings is 1. The standard InChI is InChI=1S/C11H12ClN3O/c12-11-14-10-8(2-1-3-9(10)16)15(11)7-4-5-13-6-7/h1-3,7,13,16H,4-6H2. The third-order valence-electron chi connectivity index (χ3n) is 3.06. The largest absolute Gasteiger partial charge is 0.506 e. The maximum absolute atomic E-state index is 9.70. The number of hydrogen-bond acceptors (Lipinski definition) is 3. The molecule has 16 heavy (non-hydrogen) atoms. The molecule has 1 fully saturated rings. The van der Waals surface area contributed by atoms with E-state index < -0.39 is 0 Å². The van der Waals surface area contributed by atoms with Gasteiger partial charge in [-0.2, -0.15) is 0 Å². The van der Waals surface area contributed by atoms with Gasteiger partial charge >= 0.3 is 0 Å². The molecule has 1 saturated heterocycles. The Labute approximate surface area is 97.9 Å². The van der Waals surface area contributed by atoms with E-state index in [4.69, 9.17) is 11.6 Å². The SMILES string of the molecule is Oc1cccc2c1nc(Cl)n2C1CCNC1. The maximum atomic E-state index is 9.70. The molecule has 1 unspecified atom stereocenters. The van der Waals surface area contributed by atoms with Gasteiger partial charge in [0.25, 0.3) is 0 Å². The molecular formula is C11H12ClN3O. The van der Waals surface area contributed by atoms with Crippen molar-refractivity contribution in [1.82, 2.24) is 14.9 Å². The molecule has 0 spiro atoms. The Morgan fingerprint density at radius 1 is 1.50 bits per heavy atom. The van der Waals surface area contributed by atoms with Crippen molar-refractivity contribution in [1.29, 1.82) is 0 Å². The van der Waals surface area contributed by atoms with Gasteiger partial charge in [0.05, 0.1) is 11.6 Å². The quantitative estimate of drug-likeness (QED) is 0.797. The van der Waals surface area contributed by atoms with E-state index in [1.165, 1.54) is 0 Å². The third-order valence-corrected chi connectivity index (χ3v) is 3.32. The van der Waals surface area contributed by atoms with E-state index in [1.54, 1.807) is 6.07 Å². The Kier molecular flexibility index (Phi) is 2.26. The van der Waals surface area contributed by atoms with Gasteiger partial charge in [-0.25, -0.2) is 4.98 Å². The second kappa shape index (κ2) is 3.64. The number of phenols is 1. The summed E-state index contributed by atoms with van der Waals surface area (Å²) in [5.41, 5.74) is 1.48. The van der Waals surface area contributed by atoms with E-state index in [0.29, 0.717) is 16.8 Å². The van der Waals surface area contributed by atoms with Gasteiger partial charge < -0.3 is 15.0 Å². The molecule has 2 heterocycles. The fourth-order valence-electron chi connectivity index (χ4n) is 2.28.